The molecule has 1 fully saturated rings. The molecule has 0 atom stereocenters. The largest absolute Gasteiger partial charge is 0.444 e. The fraction of sp³-hybridized carbons (Fsp3) is 0.556. The molecule has 138 valence electrons. The van der Waals surface area contributed by atoms with E-state index in [0.29, 0.717) is 6.54 Å². The Labute approximate surface area is 157 Å². The lowest BCUT2D eigenvalue weighted by molar-refractivity contribution is -0.117. The van der Waals surface area contributed by atoms with E-state index in [4.69, 9.17) is 4.74 Å². The molecular formula is C18H26BrN3O3. The van der Waals surface area contributed by atoms with Crippen molar-refractivity contribution in [3.8, 4) is 0 Å². The molecule has 1 saturated heterocycles. The van der Waals surface area contributed by atoms with Crippen LogP contribution in [-0.4, -0.2) is 48.2 Å². The Balaban J connectivity index is 1.70. The van der Waals surface area contributed by atoms with E-state index in [9.17, 15) is 9.59 Å². The summed E-state index contributed by atoms with van der Waals surface area (Å²) in [5.74, 6) is -0.0270. The Bertz CT molecular complexity index is 591. The van der Waals surface area contributed by atoms with Crippen LogP contribution in [0.1, 0.15) is 33.6 Å². The molecule has 0 spiro atoms. The number of benzene rings is 1. The van der Waals surface area contributed by atoms with Crippen LogP contribution in [0.3, 0.4) is 0 Å². The normalized spacial score (nSPS) is 16.3. The van der Waals surface area contributed by atoms with Crippen LogP contribution in [0.15, 0.2) is 28.7 Å². The monoisotopic (exact) mass is 411 g/mol. The predicted molar refractivity (Wildman–Crippen MR) is 102 cm³/mol. The maximum Gasteiger partial charge on any atom is 0.407 e. The molecule has 25 heavy (non-hydrogen) atoms. The Morgan fingerprint density at radius 2 is 1.80 bits per heavy atom. The number of rotatable bonds is 4. The molecule has 1 heterocycles. The van der Waals surface area contributed by atoms with Crippen molar-refractivity contribution >= 4 is 33.6 Å². The van der Waals surface area contributed by atoms with Crippen molar-refractivity contribution in [2.75, 3.05) is 25.0 Å². The smallest absolute Gasteiger partial charge is 0.407 e. The highest BCUT2D eigenvalue weighted by Gasteiger charge is 2.24. The predicted octanol–water partition coefficient (Wildman–Crippen LogP) is 3.38. The molecule has 0 bridgehead atoms. The second-order valence-corrected chi connectivity index (χ2v) is 8.17. The number of ether oxygens (including phenoxy) is 1. The summed E-state index contributed by atoms with van der Waals surface area (Å²) >= 11 is 3.37. The van der Waals surface area contributed by atoms with Crippen LogP contribution in [0.5, 0.6) is 0 Å². The molecule has 0 aromatic heterocycles. The first-order valence-electron chi connectivity index (χ1n) is 8.48. The quantitative estimate of drug-likeness (QED) is 0.796. The van der Waals surface area contributed by atoms with Crippen LogP contribution in [0.2, 0.25) is 0 Å². The van der Waals surface area contributed by atoms with Gasteiger partial charge in [0.2, 0.25) is 5.91 Å². The number of alkyl carbamates (subject to hydrolysis) is 1. The molecule has 0 radical (unpaired) electrons. The Kier molecular flexibility index (Phi) is 6.84. The number of carbonyl (C=O) groups excluding carboxylic acids is 2. The zero-order valence-electron chi connectivity index (χ0n) is 15.0. The lowest BCUT2D eigenvalue weighted by atomic mass is 10.1. The average molecular weight is 412 g/mol. The number of anilines is 1. The maximum absolute atomic E-state index is 12.1. The van der Waals surface area contributed by atoms with E-state index in [1.165, 1.54) is 0 Å². The van der Waals surface area contributed by atoms with E-state index in [-0.39, 0.29) is 18.0 Å². The zero-order valence-corrected chi connectivity index (χ0v) is 16.6. The van der Waals surface area contributed by atoms with Gasteiger partial charge in [-0.25, -0.2) is 4.79 Å². The van der Waals surface area contributed by atoms with Crippen LogP contribution in [0, 0.1) is 0 Å². The van der Waals surface area contributed by atoms with Gasteiger partial charge >= 0.3 is 6.09 Å². The number of nitrogens with one attached hydrogen (secondary N) is 2. The van der Waals surface area contributed by atoms with E-state index in [1.54, 1.807) is 0 Å². The SMILES string of the molecule is CC(C)(C)OC(=O)NC1CCN(CC(=O)Nc2ccc(Br)cc2)CC1. The number of nitrogens with zero attached hydrogens (tertiary/aromatic N) is 1. The summed E-state index contributed by atoms with van der Waals surface area (Å²) in [7, 11) is 0. The van der Waals surface area contributed by atoms with Gasteiger partial charge in [-0.1, -0.05) is 15.9 Å². The van der Waals surface area contributed by atoms with Crippen LogP contribution in [0.25, 0.3) is 0 Å². The molecule has 2 rings (SSSR count). The molecule has 0 saturated carbocycles. The van der Waals surface area contributed by atoms with Gasteiger partial charge in [-0.05, 0) is 57.9 Å². The minimum absolute atomic E-state index is 0.0270. The zero-order chi connectivity index (χ0) is 18.4. The highest BCUT2D eigenvalue weighted by Crippen LogP contribution is 2.15. The highest BCUT2D eigenvalue weighted by molar-refractivity contribution is 9.10. The van der Waals surface area contributed by atoms with Crippen molar-refractivity contribution in [1.29, 1.82) is 0 Å². The van der Waals surface area contributed by atoms with Gasteiger partial charge in [0.25, 0.3) is 0 Å². The minimum Gasteiger partial charge on any atom is -0.444 e. The summed E-state index contributed by atoms with van der Waals surface area (Å²) in [5, 5.41) is 5.80. The van der Waals surface area contributed by atoms with Crippen LogP contribution in [0.4, 0.5) is 10.5 Å². The van der Waals surface area contributed by atoms with Gasteiger partial charge in [-0.3, -0.25) is 9.69 Å². The summed E-state index contributed by atoms with van der Waals surface area (Å²) < 4.78 is 6.25. The topological polar surface area (TPSA) is 70.7 Å². The van der Waals surface area contributed by atoms with Crippen LogP contribution >= 0.6 is 15.9 Å². The molecule has 1 aliphatic rings. The van der Waals surface area contributed by atoms with E-state index in [0.717, 1.165) is 36.1 Å². The van der Waals surface area contributed by atoms with E-state index in [2.05, 4.69) is 31.5 Å². The summed E-state index contributed by atoms with van der Waals surface area (Å²) in [5.41, 5.74) is 0.297. The fourth-order valence-corrected chi connectivity index (χ4v) is 2.91. The van der Waals surface area contributed by atoms with Gasteiger partial charge in [0, 0.05) is 29.3 Å². The Morgan fingerprint density at radius 1 is 1.20 bits per heavy atom. The standard InChI is InChI=1S/C18H26BrN3O3/c1-18(2,3)25-17(24)21-15-8-10-22(11-9-15)12-16(23)20-14-6-4-13(19)5-7-14/h4-7,15H,8-12H2,1-3H3,(H,20,23)(H,21,24). The van der Waals surface area contributed by atoms with E-state index in [1.807, 2.05) is 45.0 Å². The molecule has 1 aliphatic heterocycles. The summed E-state index contributed by atoms with van der Waals surface area (Å²) in [6, 6.07) is 7.60. The first-order chi connectivity index (χ1) is 11.7. The van der Waals surface area contributed by atoms with E-state index >= 15 is 0 Å². The molecule has 7 heteroatoms. The number of likely N-dealkylation sites (tertiary alicyclic amines) is 1. The molecule has 2 amide bonds. The third-order valence-corrected chi connectivity index (χ3v) is 4.33. The van der Waals surface area contributed by atoms with Crippen molar-refractivity contribution in [2.45, 2.75) is 45.3 Å². The molecule has 2 N–H and O–H groups in total. The summed E-state index contributed by atoms with van der Waals surface area (Å²) in [4.78, 5) is 26.0. The lowest BCUT2D eigenvalue weighted by Gasteiger charge is -2.32. The maximum atomic E-state index is 12.1. The molecule has 6 nitrogen and oxygen atoms in total. The number of amides is 2. The molecular weight excluding hydrogens is 386 g/mol. The van der Waals surface area contributed by atoms with Crippen LogP contribution in [-0.2, 0) is 9.53 Å². The van der Waals surface area contributed by atoms with Gasteiger partial charge in [-0.2, -0.15) is 0 Å². The third-order valence-electron chi connectivity index (χ3n) is 3.80. The second kappa shape index (κ2) is 8.67. The number of hydrogen-bond donors (Lipinski definition) is 2. The summed E-state index contributed by atoms with van der Waals surface area (Å²) in [6.45, 7) is 7.44. The molecule has 1 aromatic carbocycles. The number of piperidine rings is 1. The van der Waals surface area contributed by atoms with Gasteiger partial charge in [-0.15, -0.1) is 0 Å². The van der Waals surface area contributed by atoms with Crippen molar-refractivity contribution in [2.24, 2.45) is 0 Å². The minimum atomic E-state index is -0.490. The number of carbonyl (C=O) groups is 2. The average Bonchev–Trinajstić information content (AvgIpc) is 2.49. The van der Waals surface area contributed by atoms with Crippen molar-refractivity contribution in [1.82, 2.24) is 10.2 Å². The van der Waals surface area contributed by atoms with E-state index < -0.39 is 5.60 Å². The van der Waals surface area contributed by atoms with Crippen molar-refractivity contribution < 1.29 is 14.3 Å². The van der Waals surface area contributed by atoms with Gasteiger partial charge in [0.05, 0.1) is 6.54 Å². The first-order valence-corrected chi connectivity index (χ1v) is 9.28. The molecule has 0 aliphatic carbocycles. The number of halogens is 1. The lowest BCUT2D eigenvalue weighted by Crippen LogP contribution is -2.47. The molecule has 1 aromatic rings. The highest BCUT2D eigenvalue weighted by atomic mass is 79.9. The molecule has 0 unspecified atom stereocenters. The van der Waals surface area contributed by atoms with Crippen molar-refractivity contribution in [3.05, 3.63) is 28.7 Å². The van der Waals surface area contributed by atoms with Crippen LogP contribution < -0.4 is 10.6 Å². The third kappa shape index (κ3) is 7.44. The number of hydrogen-bond acceptors (Lipinski definition) is 4. The van der Waals surface area contributed by atoms with Gasteiger partial charge in [0.15, 0.2) is 0 Å². The second-order valence-electron chi connectivity index (χ2n) is 7.25. The summed E-state index contributed by atoms with van der Waals surface area (Å²) in [6.07, 6.45) is 1.24. The Hall–Kier alpha value is -1.60. The van der Waals surface area contributed by atoms with Gasteiger partial charge in [0.1, 0.15) is 5.60 Å². The van der Waals surface area contributed by atoms with Gasteiger partial charge < -0.3 is 15.4 Å². The fourth-order valence-electron chi connectivity index (χ4n) is 2.65. The Morgan fingerprint density at radius 3 is 2.36 bits per heavy atom. The first kappa shape index (κ1) is 19.7. The van der Waals surface area contributed by atoms with Crippen molar-refractivity contribution in [3.63, 3.8) is 0 Å².